The van der Waals surface area contributed by atoms with Crippen LogP contribution in [0.2, 0.25) is 5.02 Å². The molecule has 1 saturated heterocycles. The molecule has 4 rings (SSSR count). The van der Waals surface area contributed by atoms with Crippen LogP contribution in [0.1, 0.15) is 36.4 Å². The fourth-order valence-corrected chi connectivity index (χ4v) is 4.21. The van der Waals surface area contributed by atoms with E-state index in [2.05, 4.69) is 17.3 Å². The third kappa shape index (κ3) is 3.68. The molecule has 6 heteroatoms. The summed E-state index contributed by atoms with van der Waals surface area (Å²) in [6.07, 6.45) is 2.32. The zero-order valence-corrected chi connectivity index (χ0v) is 16.1. The normalized spacial score (nSPS) is 22.6. The zero-order valence-electron chi connectivity index (χ0n) is 15.3. The van der Waals surface area contributed by atoms with Crippen molar-refractivity contribution in [2.45, 2.75) is 31.0 Å². The lowest BCUT2D eigenvalue weighted by Crippen LogP contribution is -2.55. The van der Waals surface area contributed by atoms with E-state index in [1.165, 1.54) is 0 Å². The van der Waals surface area contributed by atoms with E-state index < -0.39 is 5.66 Å². The summed E-state index contributed by atoms with van der Waals surface area (Å²) < 4.78 is 0. The highest BCUT2D eigenvalue weighted by Crippen LogP contribution is 2.39. The van der Waals surface area contributed by atoms with Gasteiger partial charge in [0.25, 0.3) is 0 Å². The van der Waals surface area contributed by atoms with Crippen LogP contribution in [-0.2, 0) is 0 Å². The van der Waals surface area contributed by atoms with Gasteiger partial charge >= 0.3 is 0 Å². The largest absolute Gasteiger partial charge is 0.508 e. The van der Waals surface area contributed by atoms with Crippen molar-refractivity contribution in [2.24, 2.45) is 4.99 Å². The van der Waals surface area contributed by atoms with E-state index in [0.29, 0.717) is 11.4 Å². The Balaban J connectivity index is 1.77. The number of aliphatic imine (C=N–C) groups is 1. The molecule has 27 heavy (non-hydrogen) atoms. The minimum Gasteiger partial charge on any atom is -0.508 e. The molecule has 142 valence electrons. The van der Waals surface area contributed by atoms with Crippen LogP contribution in [0.3, 0.4) is 0 Å². The molecule has 1 fully saturated rings. The number of phenolic OH excluding ortho intramolecular Hbond substituents is 2. The number of hydrogen-bond donors (Lipinski definition) is 3. The maximum Gasteiger partial charge on any atom is 0.124 e. The number of hydrogen-bond acceptors (Lipinski definition) is 5. The average molecular weight is 386 g/mol. The van der Waals surface area contributed by atoms with Gasteiger partial charge < -0.3 is 15.1 Å². The average Bonchev–Trinajstić information content (AvgIpc) is 2.66. The summed E-state index contributed by atoms with van der Waals surface area (Å²) in [5, 5.41) is 25.1. The molecule has 1 spiro atoms. The van der Waals surface area contributed by atoms with E-state index in [1.807, 2.05) is 24.3 Å². The van der Waals surface area contributed by atoms with Crippen molar-refractivity contribution in [1.29, 1.82) is 0 Å². The Kier molecular flexibility index (Phi) is 4.84. The number of halogens is 1. The van der Waals surface area contributed by atoms with Crippen molar-refractivity contribution in [3.63, 3.8) is 0 Å². The summed E-state index contributed by atoms with van der Waals surface area (Å²) in [4.78, 5) is 7.36. The minimum atomic E-state index is -0.401. The number of aromatic hydroxyl groups is 2. The number of likely N-dealkylation sites (tertiary alicyclic amines) is 1. The number of phenols is 2. The second-order valence-electron chi connectivity index (χ2n) is 7.51. The Morgan fingerprint density at radius 2 is 1.85 bits per heavy atom. The van der Waals surface area contributed by atoms with E-state index in [9.17, 15) is 10.2 Å². The van der Waals surface area contributed by atoms with Crippen molar-refractivity contribution < 1.29 is 10.2 Å². The van der Waals surface area contributed by atoms with Gasteiger partial charge in [-0.15, -0.1) is 0 Å². The second-order valence-corrected chi connectivity index (χ2v) is 7.95. The van der Waals surface area contributed by atoms with Crippen molar-refractivity contribution >= 4 is 17.3 Å². The van der Waals surface area contributed by atoms with Crippen LogP contribution >= 0.6 is 11.6 Å². The number of para-hydroxylation sites is 1. The summed E-state index contributed by atoms with van der Waals surface area (Å²) in [5.74, 6) is 0.453. The Labute approximate surface area is 164 Å². The van der Waals surface area contributed by atoms with E-state index in [-0.39, 0.29) is 17.5 Å². The standard InChI is InChI=1S/C21H24ClN3O2/c1-25-10-8-21(9-11-25)23-17(15-4-2-3-5-19(15)26)13-18(24-21)16-12-14(22)6-7-20(16)27/h2-7,12,18,24,26-27H,8-11,13H2,1H3/t18-/m1/s1. The maximum absolute atomic E-state index is 10.4. The highest BCUT2D eigenvalue weighted by molar-refractivity contribution is 6.30. The van der Waals surface area contributed by atoms with E-state index >= 15 is 0 Å². The lowest BCUT2D eigenvalue weighted by atomic mass is 9.87. The number of rotatable bonds is 2. The van der Waals surface area contributed by atoms with Crippen molar-refractivity contribution in [3.8, 4) is 11.5 Å². The number of nitrogens with one attached hydrogen (secondary N) is 1. The molecule has 1 atom stereocenters. The predicted octanol–water partition coefficient (Wildman–Crippen LogP) is 3.70. The van der Waals surface area contributed by atoms with Crippen LogP contribution in [0.5, 0.6) is 11.5 Å². The first-order chi connectivity index (χ1) is 13.0. The summed E-state index contributed by atoms with van der Waals surface area (Å²) in [5.41, 5.74) is 1.98. The first-order valence-corrected chi connectivity index (χ1v) is 9.65. The number of piperidine rings is 1. The molecule has 2 aromatic carbocycles. The summed E-state index contributed by atoms with van der Waals surface area (Å²) >= 11 is 6.20. The number of benzene rings is 2. The molecular formula is C21H24ClN3O2. The summed E-state index contributed by atoms with van der Waals surface area (Å²) in [7, 11) is 2.11. The maximum atomic E-state index is 10.4. The monoisotopic (exact) mass is 385 g/mol. The fraction of sp³-hybridized carbons (Fsp3) is 0.381. The van der Waals surface area contributed by atoms with E-state index in [1.54, 1.807) is 18.2 Å². The van der Waals surface area contributed by atoms with Gasteiger partial charge in [-0.1, -0.05) is 23.7 Å². The molecule has 5 nitrogen and oxygen atoms in total. The first-order valence-electron chi connectivity index (χ1n) is 9.27. The van der Waals surface area contributed by atoms with Gasteiger partial charge in [0.15, 0.2) is 0 Å². The van der Waals surface area contributed by atoms with Crippen LogP contribution in [0.4, 0.5) is 0 Å². The molecule has 0 amide bonds. The summed E-state index contributed by atoms with van der Waals surface area (Å²) in [6, 6.07) is 12.3. The highest BCUT2D eigenvalue weighted by atomic mass is 35.5. The Morgan fingerprint density at radius 3 is 2.59 bits per heavy atom. The van der Waals surface area contributed by atoms with Crippen LogP contribution in [0.25, 0.3) is 0 Å². The van der Waals surface area contributed by atoms with Gasteiger partial charge in [-0.2, -0.15) is 0 Å². The quantitative estimate of drug-likeness (QED) is 0.737. The van der Waals surface area contributed by atoms with Gasteiger partial charge in [-0.25, -0.2) is 0 Å². The smallest absolute Gasteiger partial charge is 0.124 e. The topological polar surface area (TPSA) is 68.1 Å². The molecule has 2 aromatic rings. The van der Waals surface area contributed by atoms with Gasteiger partial charge in [0.1, 0.15) is 17.2 Å². The summed E-state index contributed by atoms with van der Waals surface area (Å²) in [6.45, 7) is 1.89. The lowest BCUT2D eigenvalue weighted by Gasteiger charge is -2.44. The molecule has 0 aliphatic carbocycles. The minimum absolute atomic E-state index is 0.126. The molecule has 3 N–H and O–H groups in total. The molecule has 0 unspecified atom stereocenters. The van der Waals surface area contributed by atoms with Crippen LogP contribution in [-0.4, -0.2) is 46.6 Å². The Morgan fingerprint density at radius 1 is 1.11 bits per heavy atom. The van der Waals surface area contributed by atoms with Gasteiger partial charge in [0.2, 0.25) is 0 Å². The molecule has 2 aliphatic heterocycles. The fourth-order valence-electron chi connectivity index (χ4n) is 4.03. The van der Waals surface area contributed by atoms with Gasteiger partial charge in [0, 0.05) is 47.4 Å². The first kappa shape index (κ1) is 18.3. The molecule has 2 heterocycles. The van der Waals surface area contributed by atoms with E-state index in [4.69, 9.17) is 16.6 Å². The van der Waals surface area contributed by atoms with Gasteiger partial charge in [-0.3, -0.25) is 10.3 Å². The van der Waals surface area contributed by atoms with Crippen LogP contribution < -0.4 is 5.32 Å². The Hall–Kier alpha value is -2.08. The molecule has 0 saturated carbocycles. The SMILES string of the molecule is CN1CCC2(CC1)N=C(c1ccccc1O)C[C@H](c1cc(Cl)ccc1O)N2. The van der Waals surface area contributed by atoms with Crippen molar-refractivity contribution in [1.82, 2.24) is 10.2 Å². The lowest BCUT2D eigenvalue weighted by molar-refractivity contribution is 0.144. The molecule has 0 bridgehead atoms. The third-order valence-corrected chi connectivity index (χ3v) is 5.82. The van der Waals surface area contributed by atoms with Crippen molar-refractivity contribution in [3.05, 3.63) is 58.6 Å². The zero-order chi connectivity index (χ0) is 19.0. The van der Waals surface area contributed by atoms with E-state index in [0.717, 1.165) is 42.8 Å². The van der Waals surface area contributed by atoms with Crippen LogP contribution in [0, 0.1) is 0 Å². The molecule has 0 aromatic heterocycles. The predicted molar refractivity (Wildman–Crippen MR) is 108 cm³/mol. The van der Waals surface area contributed by atoms with Gasteiger partial charge in [0.05, 0.1) is 0 Å². The van der Waals surface area contributed by atoms with Gasteiger partial charge in [-0.05, 0) is 50.2 Å². The second kappa shape index (κ2) is 7.15. The van der Waals surface area contributed by atoms with Crippen LogP contribution in [0.15, 0.2) is 47.5 Å². The molecular weight excluding hydrogens is 362 g/mol. The number of nitrogens with zero attached hydrogens (tertiary/aromatic N) is 2. The van der Waals surface area contributed by atoms with Crippen molar-refractivity contribution in [2.75, 3.05) is 20.1 Å². The molecule has 2 aliphatic rings. The Bertz CT molecular complexity index is 875. The highest BCUT2D eigenvalue weighted by Gasteiger charge is 2.40. The third-order valence-electron chi connectivity index (χ3n) is 5.58. The molecule has 0 radical (unpaired) electrons.